The molecule has 1 unspecified atom stereocenters. The second-order valence-corrected chi connectivity index (χ2v) is 4.37. The van der Waals surface area contributed by atoms with E-state index in [0.717, 1.165) is 12.0 Å². The lowest BCUT2D eigenvalue weighted by Gasteiger charge is -2.17. The van der Waals surface area contributed by atoms with E-state index in [2.05, 4.69) is 12.3 Å². The van der Waals surface area contributed by atoms with Gasteiger partial charge in [-0.15, -0.1) is 0 Å². The van der Waals surface area contributed by atoms with E-state index in [0.29, 0.717) is 23.3 Å². The number of hydrogen-bond donors (Lipinski definition) is 2. The molecule has 16 heavy (non-hydrogen) atoms. The fraction of sp³-hybridized carbons (Fsp3) is 0.455. The van der Waals surface area contributed by atoms with Gasteiger partial charge in [-0.05, 0) is 30.2 Å². The first kappa shape index (κ1) is 13.7. The van der Waals surface area contributed by atoms with E-state index in [4.69, 9.17) is 33.8 Å². The van der Waals surface area contributed by atoms with Gasteiger partial charge in [0.25, 0.3) is 0 Å². The first-order chi connectivity index (χ1) is 7.67. The van der Waals surface area contributed by atoms with Gasteiger partial charge in [-0.25, -0.2) is 0 Å². The van der Waals surface area contributed by atoms with Crippen LogP contribution < -0.4 is 11.3 Å². The summed E-state index contributed by atoms with van der Waals surface area (Å²) in [7, 11) is 0. The van der Waals surface area contributed by atoms with E-state index in [1.165, 1.54) is 0 Å². The maximum atomic E-state index is 5.92. The fourth-order valence-electron chi connectivity index (χ4n) is 1.36. The minimum absolute atomic E-state index is 0.0947. The molecule has 90 valence electrons. The Morgan fingerprint density at radius 1 is 1.31 bits per heavy atom. The summed E-state index contributed by atoms with van der Waals surface area (Å²) >= 11 is 11.8. The molecule has 0 radical (unpaired) electrons. The van der Waals surface area contributed by atoms with Crippen LogP contribution in [0.25, 0.3) is 0 Å². The molecule has 1 aromatic carbocycles. The largest absolute Gasteiger partial charge is 0.379 e. The molecule has 1 atom stereocenters. The summed E-state index contributed by atoms with van der Waals surface area (Å²) in [5.74, 6) is 5.47. The smallest absolute Gasteiger partial charge is 0.0694 e. The molecule has 0 saturated heterocycles. The SMILES string of the molecule is CCCOCC(NN)c1cc(Cl)cc(Cl)c1. The van der Waals surface area contributed by atoms with Gasteiger partial charge < -0.3 is 4.74 Å². The zero-order valence-corrected chi connectivity index (χ0v) is 10.7. The van der Waals surface area contributed by atoms with Gasteiger partial charge in [-0.3, -0.25) is 11.3 Å². The van der Waals surface area contributed by atoms with Gasteiger partial charge in [0.1, 0.15) is 0 Å². The molecule has 0 aliphatic rings. The van der Waals surface area contributed by atoms with Crippen LogP contribution >= 0.6 is 23.2 Å². The van der Waals surface area contributed by atoms with Crippen molar-refractivity contribution >= 4 is 23.2 Å². The summed E-state index contributed by atoms with van der Waals surface area (Å²) in [4.78, 5) is 0. The lowest BCUT2D eigenvalue weighted by molar-refractivity contribution is 0.112. The first-order valence-corrected chi connectivity index (χ1v) is 5.92. The fourth-order valence-corrected chi connectivity index (χ4v) is 1.91. The van der Waals surface area contributed by atoms with Crippen LogP contribution in [-0.2, 0) is 4.74 Å². The summed E-state index contributed by atoms with van der Waals surface area (Å²) in [6.45, 7) is 3.27. The summed E-state index contributed by atoms with van der Waals surface area (Å²) < 4.78 is 5.44. The standard InChI is InChI=1S/C11H16Cl2N2O/c1-2-3-16-7-11(15-14)8-4-9(12)6-10(13)5-8/h4-6,11,15H,2-3,7,14H2,1H3. The van der Waals surface area contributed by atoms with Gasteiger partial charge in [0.2, 0.25) is 0 Å². The molecule has 0 aromatic heterocycles. The first-order valence-electron chi connectivity index (χ1n) is 5.17. The van der Waals surface area contributed by atoms with E-state index in [9.17, 15) is 0 Å². The Balaban J connectivity index is 2.70. The molecule has 0 fully saturated rings. The van der Waals surface area contributed by atoms with E-state index in [-0.39, 0.29) is 6.04 Å². The van der Waals surface area contributed by atoms with Crippen molar-refractivity contribution in [3.63, 3.8) is 0 Å². The van der Waals surface area contributed by atoms with Crippen LogP contribution in [0.15, 0.2) is 18.2 Å². The molecule has 0 aliphatic heterocycles. The van der Waals surface area contributed by atoms with Crippen LogP contribution in [0.1, 0.15) is 24.9 Å². The third-order valence-electron chi connectivity index (χ3n) is 2.12. The number of hydrazine groups is 1. The Labute approximate surface area is 106 Å². The summed E-state index contributed by atoms with van der Waals surface area (Å²) in [6, 6.07) is 5.25. The van der Waals surface area contributed by atoms with Crippen molar-refractivity contribution in [3.05, 3.63) is 33.8 Å². The lowest BCUT2D eigenvalue weighted by Crippen LogP contribution is -2.31. The van der Waals surface area contributed by atoms with Crippen LogP contribution in [-0.4, -0.2) is 13.2 Å². The summed E-state index contributed by atoms with van der Waals surface area (Å²) in [5.41, 5.74) is 3.62. The highest BCUT2D eigenvalue weighted by Gasteiger charge is 2.11. The summed E-state index contributed by atoms with van der Waals surface area (Å²) in [5, 5.41) is 1.19. The second-order valence-electron chi connectivity index (χ2n) is 3.50. The normalized spacial score (nSPS) is 12.8. The highest BCUT2D eigenvalue weighted by atomic mass is 35.5. The van der Waals surface area contributed by atoms with Crippen molar-refractivity contribution in [1.29, 1.82) is 0 Å². The average molecular weight is 263 g/mol. The number of hydrogen-bond acceptors (Lipinski definition) is 3. The molecule has 0 aliphatic carbocycles. The molecule has 5 heteroatoms. The Hall–Kier alpha value is -0.320. The van der Waals surface area contributed by atoms with Crippen LogP contribution in [0, 0.1) is 0 Å². The molecule has 1 rings (SSSR count). The van der Waals surface area contributed by atoms with Gasteiger partial charge in [-0.1, -0.05) is 30.1 Å². The predicted molar refractivity (Wildman–Crippen MR) is 67.6 cm³/mol. The molecule has 3 N–H and O–H groups in total. The molecule has 1 aromatic rings. The number of ether oxygens (including phenoxy) is 1. The maximum Gasteiger partial charge on any atom is 0.0694 e. The monoisotopic (exact) mass is 262 g/mol. The zero-order valence-electron chi connectivity index (χ0n) is 9.17. The van der Waals surface area contributed by atoms with Gasteiger partial charge in [0.15, 0.2) is 0 Å². The minimum atomic E-state index is -0.0947. The van der Waals surface area contributed by atoms with Gasteiger partial charge in [0.05, 0.1) is 12.6 Å². The van der Waals surface area contributed by atoms with Crippen LogP contribution in [0.4, 0.5) is 0 Å². The van der Waals surface area contributed by atoms with Gasteiger partial charge >= 0.3 is 0 Å². The van der Waals surface area contributed by atoms with Crippen molar-refractivity contribution in [1.82, 2.24) is 5.43 Å². The summed E-state index contributed by atoms with van der Waals surface area (Å²) in [6.07, 6.45) is 0.980. The molecule has 3 nitrogen and oxygen atoms in total. The van der Waals surface area contributed by atoms with Crippen molar-refractivity contribution in [2.45, 2.75) is 19.4 Å². The van der Waals surface area contributed by atoms with E-state index < -0.39 is 0 Å². The van der Waals surface area contributed by atoms with Crippen molar-refractivity contribution in [2.24, 2.45) is 5.84 Å². The minimum Gasteiger partial charge on any atom is -0.379 e. The number of nitrogens with one attached hydrogen (secondary N) is 1. The maximum absolute atomic E-state index is 5.92. The molecular formula is C11H16Cl2N2O. The Morgan fingerprint density at radius 2 is 1.94 bits per heavy atom. The topological polar surface area (TPSA) is 47.3 Å². The molecule has 0 heterocycles. The number of halogens is 2. The molecule has 0 bridgehead atoms. The van der Waals surface area contributed by atoms with Crippen LogP contribution in [0.3, 0.4) is 0 Å². The Morgan fingerprint density at radius 3 is 2.44 bits per heavy atom. The van der Waals surface area contributed by atoms with Gasteiger partial charge in [0, 0.05) is 16.7 Å². The molecular weight excluding hydrogens is 247 g/mol. The molecule has 0 amide bonds. The zero-order chi connectivity index (χ0) is 12.0. The van der Waals surface area contributed by atoms with Crippen LogP contribution in [0.2, 0.25) is 10.0 Å². The number of benzene rings is 1. The second kappa shape index (κ2) is 7.09. The highest BCUT2D eigenvalue weighted by Crippen LogP contribution is 2.23. The molecule has 0 spiro atoms. The van der Waals surface area contributed by atoms with E-state index in [1.807, 2.05) is 12.1 Å². The molecule has 0 saturated carbocycles. The highest BCUT2D eigenvalue weighted by molar-refractivity contribution is 6.34. The van der Waals surface area contributed by atoms with Crippen molar-refractivity contribution in [2.75, 3.05) is 13.2 Å². The van der Waals surface area contributed by atoms with E-state index in [1.54, 1.807) is 6.07 Å². The number of rotatable bonds is 6. The third-order valence-corrected chi connectivity index (χ3v) is 2.56. The average Bonchev–Trinajstić information content (AvgIpc) is 2.23. The number of nitrogens with two attached hydrogens (primary N) is 1. The van der Waals surface area contributed by atoms with Crippen molar-refractivity contribution in [3.8, 4) is 0 Å². The van der Waals surface area contributed by atoms with Crippen molar-refractivity contribution < 1.29 is 4.74 Å². The van der Waals surface area contributed by atoms with Crippen LogP contribution in [0.5, 0.6) is 0 Å². The quantitative estimate of drug-likeness (QED) is 0.471. The lowest BCUT2D eigenvalue weighted by atomic mass is 10.1. The third kappa shape index (κ3) is 4.28. The van der Waals surface area contributed by atoms with E-state index >= 15 is 0 Å². The Kier molecular flexibility index (Phi) is 6.09. The Bertz CT molecular complexity index is 314. The van der Waals surface area contributed by atoms with Gasteiger partial charge in [-0.2, -0.15) is 0 Å². The predicted octanol–water partition coefficient (Wildman–Crippen LogP) is 2.92.